The number of anilines is 3. The molecule has 3 rings (SSSR count). The Bertz CT molecular complexity index is 1030. The van der Waals surface area contributed by atoms with Crippen LogP contribution in [0.15, 0.2) is 48.8 Å². The van der Waals surface area contributed by atoms with Gasteiger partial charge in [0.05, 0.1) is 34.6 Å². The lowest BCUT2D eigenvalue weighted by molar-refractivity contribution is -0.136. The fraction of sp³-hybridized carbons (Fsp3) is 0.286. The first-order valence-corrected chi connectivity index (χ1v) is 9.86. The predicted octanol–water partition coefficient (Wildman–Crippen LogP) is 5.38. The Kier molecular flexibility index (Phi) is 6.97. The van der Waals surface area contributed by atoms with E-state index >= 15 is 0 Å². The van der Waals surface area contributed by atoms with Crippen LogP contribution in [0.3, 0.4) is 0 Å². The fourth-order valence-electron chi connectivity index (χ4n) is 2.85. The summed E-state index contributed by atoms with van der Waals surface area (Å²) in [5.41, 5.74) is -0.0502. The van der Waals surface area contributed by atoms with E-state index in [1.165, 1.54) is 18.2 Å². The van der Waals surface area contributed by atoms with Gasteiger partial charge in [0.15, 0.2) is 0 Å². The monoisotopic (exact) mass is 451 g/mol. The van der Waals surface area contributed by atoms with Crippen LogP contribution in [-0.2, 0) is 6.18 Å². The van der Waals surface area contributed by atoms with E-state index in [4.69, 9.17) is 11.6 Å². The van der Waals surface area contributed by atoms with E-state index < -0.39 is 11.7 Å². The molecule has 0 amide bonds. The molecule has 0 aliphatic carbocycles. The number of aliphatic hydroxyl groups is 1. The molecule has 1 atom stereocenters. The Balaban J connectivity index is 2.07. The average molecular weight is 452 g/mol. The molecule has 6 nitrogen and oxygen atoms in total. The molecule has 0 aliphatic heterocycles. The Hall–Kier alpha value is -2.91. The number of nitrogens with zero attached hydrogens (tertiary/aromatic N) is 3. The molecule has 2 aromatic heterocycles. The van der Waals surface area contributed by atoms with Crippen molar-refractivity contribution in [2.24, 2.45) is 5.92 Å². The quantitative estimate of drug-likeness (QED) is 0.447. The molecule has 1 aromatic carbocycles. The third-order valence-corrected chi connectivity index (χ3v) is 4.91. The predicted molar refractivity (Wildman–Crippen MR) is 114 cm³/mol. The van der Waals surface area contributed by atoms with Gasteiger partial charge in [-0.05, 0) is 30.2 Å². The largest absolute Gasteiger partial charge is 0.418 e. The zero-order valence-corrected chi connectivity index (χ0v) is 17.5. The summed E-state index contributed by atoms with van der Waals surface area (Å²) < 4.78 is 40.4. The standard InChI is InChI=1S/C21H21ClF3N5O/c1-12(2)17(11-31)28-20-27-16(13-6-8-26-9-7-13)10-18(30-20)29-19-14(21(23,24)25)4-3-5-15(19)22/h3-10,12,17,31H,11H2,1-2H3,(H2,27,28,29,30)/t17-/m0/s1. The Morgan fingerprint density at radius 2 is 1.81 bits per heavy atom. The topological polar surface area (TPSA) is 83.0 Å². The van der Waals surface area contributed by atoms with Gasteiger partial charge in [-0.15, -0.1) is 0 Å². The summed E-state index contributed by atoms with van der Waals surface area (Å²) >= 11 is 6.07. The highest BCUT2D eigenvalue weighted by Crippen LogP contribution is 2.40. The number of aromatic nitrogens is 3. The number of alkyl halides is 3. The highest BCUT2D eigenvalue weighted by Gasteiger charge is 2.34. The molecule has 0 radical (unpaired) electrons. The maximum atomic E-state index is 13.5. The maximum absolute atomic E-state index is 13.5. The molecule has 0 saturated heterocycles. The number of rotatable bonds is 7. The van der Waals surface area contributed by atoms with Gasteiger partial charge in [-0.25, -0.2) is 4.98 Å². The lowest BCUT2D eigenvalue weighted by Crippen LogP contribution is -2.30. The Labute approximate surface area is 182 Å². The number of hydrogen-bond acceptors (Lipinski definition) is 6. The van der Waals surface area contributed by atoms with Crippen molar-refractivity contribution in [2.45, 2.75) is 26.1 Å². The first-order valence-electron chi connectivity index (χ1n) is 9.48. The molecular formula is C21H21ClF3N5O. The number of nitrogens with one attached hydrogen (secondary N) is 2. The van der Waals surface area contributed by atoms with Crippen molar-refractivity contribution >= 4 is 29.1 Å². The molecule has 0 saturated carbocycles. The minimum absolute atomic E-state index is 0.0648. The van der Waals surface area contributed by atoms with Crippen LogP contribution >= 0.6 is 11.6 Å². The van der Waals surface area contributed by atoms with Crippen molar-refractivity contribution in [3.05, 3.63) is 59.4 Å². The molecule has 2 heterocycles. The van der Waals surface area contributed by atoms with E-state index in [0.29, 0.717) is 11.3 Å². The smallest absolute Gasteiger partial charge is 0.394 e. The zero-order chi connectivity index (χ0) is 22.6. The minimum Gasteiger partial charge on any atom is -0.394 e. The molecule has 0 spiro atoms. The van der Waals surface area contributed by atoms with Gasteiger partial charge < -0.3 is 15.7 Å². The summed E-state index contributed by atoms with van der Waals surface area (Å²) in [5.74, 6) is 0.337. The molecule has 0 aliphatic rings. The van der Waals surface area contributed by atoms with Crippen LogP contribution < -0.4 is 10.6 Å². The van der Waals surface area contributed by atoms with Crippen LogP contribution in [0.4, 0.5) is 30.6 Å². The van der Waals surface area contributed by atoms with Gasteiger partial charge in [0.1, 0.15) is 5.82 Å². The van der Waals surface area contributed by atoms with Gasteiger partial charge in [0.2, 0.25) is 5.95 Å². The number of para-hydroxylation sites is 1. The van der Waals surface area contributed by atoms with Gasteiger partial charge in [-0.2, -0.15) is 18.2 Å². The molecule has 10 heteroatoms. The van der Waals surface area contributed by atoms with Crippen LogP contribution in [0.5, 0.6) is 0 Å². The average Bonchev–Trinajstić information content (AvgIpc) is 2.73. The number of aliphatic hydroxyl groups excluding tert-OH is 1. The highest BCUT2D eigenvalue weighted by atomic mass is 35.5. The van der Waals surface area contributed by atoms with E-state index in [0.717, 1.165) is 6.07 Å². The number of hydrogen-bond donors (Lipinski definition) is 3. The summed E-state index contributed by atoms with van der Waals surface area (Å²) in [6.07, 6.45) is -1.44. The van der Waals surface area contributed by atoms with E-state index in [2.05, 4.69) is 25.6 Å². The molecule has 164 valence electrons. The minimum atomic E-state index is -4.60. The Morgan fingerprint density at radius 1 is 1.10 bits per heavy atom. The summed E-state index contributed by atoms with van der Waals surface area (Å²) in [6, 6.07) is 8.17. The molecule has 3 N–H and O–H groups in total. The second-order valence-corrected chi connectivity index (χ2v) is 7.57. The first-order chi connectivity index (χ1) is 14.7. The third kappa shape index (κ3) is 5.62. The van der Waals surface area contributed by atoms with Gasteiger partial charge in [-0.1, -0.05) is 31.5 Å². The summed E-state index contributed by atoms with van der Waals surface area (Å²) in [5, 5.41) is 15.3. The van der Waals surface area contributed by atoms with Crippen molar-refractivity contribution in [2.75, 3.05) is 17.2 Å². The SMILES string of the molecule is CC(C)[C@H](CO)Nc1nc(Nc2c(Cl)cccc2C(F)(F)F)cc(-c2ccncc2)n1. The van der Waals surface area contributed by atoms with Crippen LogP contribution in [0.1, 0.15) is 19.4 Å². The molecule has 3 aromatic rings. The zero-order valence-electron chi connectivity index (χ0n) is 16.8. The van der Waals surface area contributed by atoms with Crippen molar-refractivity contribution in [3.8, 4) is 11.3 Å². The normalized spacial score (nSPS) is 12.6. The van der Waals surface area contributed by atoms with Crippen LogP contribution in [0.2, 0.25) is 5.02 Å². The molecule has 0 unspecified atom stereocenters. The lowest BCUT2D eigenvalue weighted by atomic mass is 10.1. The second kappa shape index (κ2) is 9.49. The number of halogens is 4. The van der Waals surface area contributed by atoms with Crippen molar-refractivity contribution in [1.29, 1.82) is 0 Å². The van der Waals surface area contributed by atoms with Crippen molar-refractivity contribution in [3.63, 3.8) is 0 Å². The summed E-state index contributed by atoms with van der Waals surface area (Å²) in [7, 11) is 0. The summed E-state index contributed by atoms with van der Waals surface area (Å²) in [4.78, 5) is 12.7. The van der Waals surface area contributed by atoms with Gasteiger partial charge >= 0.3 is 6.18 Å². The van der Waals surface area contributed by atoms with E-state index in [-0.39, 0.29) is 41.0 Å². The van der Waals surface area contributed by atoms with Crippen LogP contribution in [0.25, 0.3) is 11.3 Å². The molecule has 0 bridgehead atoms. The maximum Gasteiger partial charge on any atom is 0.418 e. The third-order valence-electron chi connectivity index (χ3n) is 4.59. The van der Waals surface area contributed by atoms with Crippen LogP contribution in [-0.4, -0.2) is 32.7 Å². The van der Waals surface area contributed by atoms with Crippen molar-refractivity contribution in [1.82, 2.24) is 15.0 Å². The number of benzene rings is 1. The first kappa shape index (κ1) is 22.8. The van der Waals surface area contributed by atoms with E-state index in [1.54, 1.807) is 24.5 Å². The lowest BCUT2D eigenvalue weighted by Gasteiger charge is -2.21. The van der Waals surface area contributed by atoms with Gasteiger partial charge in [0, 0.05) is 24.0 Å². The van der Waals surface area contributed by atoms with Gasteiger partial charge in [0.25, 0.3) is 0 Å². The van der Waals surface area contributed by atoms with E-state index in [9.17, 15) is 18.3 Å². The fourth-order valence-corrected chi connectivity index (χ4v) is 3.07. The molecule has 31 heavy (non-hydrogen) atoms. The van der Waals surface area contributed by atoms with E-state index in [1.807, 2.05) is 13.8 Å². The molecule has 0 fully saturated rings. The van der Waals surface area contributed by atoms with Crippen molar-refractivity contribution < 1.29 is 18.3 Å². The highest BCUT2D eigenvalue weighted by molar-refractivity contribution is 6.33. The molecular weight excluding hydrogens is 431 g/mol. The van der Waals surface area contributed by atoms with Gasteiger partial charge in [-0.3, -0.25) is 4.98 Å². The Morgan fingerprint density at radius 3 is 2.42 bits per heavy atom. The summed E-state index contributed by atoms with van der Waals surface area (Å²) in [6.45, 7) is 3.67. The second-order valence-electron chi connectivity index (χ2n) is 7.16. The number of pyridine rings is 1. The van der Waals surface area contributed by atoms with Crippen LogP contribution in [0, 0.1) is 5.92 Å².